The first kappa shape index (κ1) is 16.2. The maximum atomic E-state index is 12.2. The zero-order valence-corrected chi connectivity index (χ0v) is 14.1. The monoisotopic (exact) mass is 377 g/mol. The van der Waals surface area contributed by atoms with E-state index >= 15 is 0 Å². The van der Waals surface area contributed by atoms with Crippen LogP contribution in [0.4, 0.5) is 11.4 Å². The van der Waals surface area contributed by atoms with Gasteiger partial charge in [0.2, 0.25) is 0 Å². The summed E-state index contributed by atoms with van der Waals surface area (Å²) in [5.74, 6) is -0.0219. The largest absolute Gasteiger partial charge is 0.364 e. The summed E-state index contributed by atoms with van der Waals surface area (Å²) in [6.07, 6.45) is 3.08. The third-order valence-electron chi connectivity index (χ3n) is 3.82. The molecular weight excluding hydrogens is 362 g/mol. The number of sulfone groups is 1. The number of rotatable bonds is 2. The highest BCUT2D eigenvalue weighted by molar-refractivity contribution is 9.10. The summed E-state index contributed by atoms with van der Waals surface area (Å²) in [4.78, 5) is 16.2. The number of aromatic nitrogens is 1. The molecule has 0 bridgehead atoms. The molecule has 0 aliphatic carbocycles. The van der Waals surface area contributed by atoms with Crippen molar-refractivity contribution in [2.45, 2.75) is 25.0 Å². The number of hydrogen-bond donors (Lipinski definition) is 0. The molecule has 116 valence electrons. The van der Waals surface area contributed by atoms with Gasteiger partial charge in [-0.15, -0.1) is 0 Å². The molecule has 0 unspecified atom stereocenters. The van der Waals surface area contributed by atoms with Gasteiger partial charge in [-0.25, -0.2) is 8.42 Å². The lowest BCUT2D eigenvalue weighted by Gasteiger charge is -2.24. The molecule has 1 aromatic rings. The van der Waals surface area contributed by atoms with Gasteiger partial charge >= 0.3 is 5.69 Å². The van der Waals surface area contributed by atoms with Crippen molar-refractivity contribution in [2.75, 3.05) is 23.7 Å². The molecule has 0 N–H and O–H groups in total. The Hall–Kier alpha value is -1.22. The maximum Gasteiger partial charge on any atom is 0.311 e. The van der Waals surface area contributed by atoms with Crippen molar-refractivity contribution in [1.82, 2.24) is 4.98 Å². The molecule has 1 aliphatic rings. The van der Waals surface area contributed by atoms with Gasteiger partial charge in [0.05, 0.1) is 19.9 Å². The van der Waals surface area contributed by atoms with Gasteiger partial charge in [-0.05, 0) is 36.2 Å². The van der Waals surface area contributed by atoms with E-state index in [2.05, 4.69) is 20.9 Å². The Labute approximate surface area is 131 Å². The Bertz CT molecular complexity index is 675. The molecule has 2 rings (SSSR count). The van der Waals surface area contributed by atoms with E-state index in [1.807, 2.05) is 0 Å². The second kappa shape index (κ2) is 5.53. The highest BCUT2D eigenvalue weighted by atomic mass is 79.9. The molecule has 1 fully saturated rings. The SMILES string of the molecule is CC1(C)CCN(c2c(Br)cncc2[N+](=O)[O-])CCS1(=O)=O. The lowest BCUT2D eigenvalue weighted by Crippen LogP contribution is -2.33. The van der Waals surface area contributed by atoms with E-state index in [-0.39, 0.29) is 18.0 Å². The van der Waals surface area contributed by atoms with Crippen LogP contribution in [0.3, 0.4) is 0 Å². The van der Waals surface area contributed by atoms with Crippen molar-refractivity contribution in [3.05, 3.63) is 27.0 Å². The second-order valence-corrected chi connectivity index (χ2v) is 9.16. The first-order valence-electron chi connectivity index (χ1n) is 6.41. The van der Waals surface area contributed by atoms with Crippen LogP contribution in [0, 0.1) is 10.1 Å². The quantitative estimate of drug-likeness (QED) is 0.578. The number of anilines is 1. The van der Waals surface area contributed by atoms with Crippen LogP contribution in [0.25, 0.3) is 0 Å². The van der Waals surface area contributed by atoms with Crippen LogP contribution in [0.2, 0.25) is 0 Å². The zero-order chi connectivity index (χ0) is 15.8. The van der Waals surface area contributed by atoms with Crippen LogP contribution >= 0.6 is 15.9 Å². The molecule has 7 nitrogen and oxygen atoms in total. The molecule has 0 radical (unpaired) electrons. The standard InChI is InChI=1S/C12H16BrN3O4S/c1-12(2)3-4-15(5-6-21(12,19)20)11-9(13)7-14-8-10(11)16(17)18/h7-8H,3-6H2,1-2H3. The molecule has 0 amide bonds. The number of nitrogens with zero attached hydrogens (tertiary/aromatic N) is 3. The molecule has 0 aromatic carbocycles. The van der Waals surface area contributed by atoms with Crippen LogP contribution < -0.4 is 4.90 Å². The average Bonchev–Trinajstić information content (AvgIpc) is 2.48. The summed E-state index contributed by atoms with van der Waals surface area (Å²) < 4.78 is 24.1. The molecular formula is C12H16BrN3O4S. The normalized spacial score (nSPS) is 20.8. The lowest BCUT2D eigenvalue weighted by molar-refractivity contribution is -0.384. The maximum absolute atomic E-state index is 12.2. The van der Waals surface area contributed by atoms with E-state index in [1.165, 1.54) is 12.4 Å². The topological polar surface area (TPSA) is 93.4 Å². The van der Waals surface area contributed by atoms with Gasteiger partial charge in [0, 0.05) is 19.3 Å². The first-order chi connectivity index (χ1) is 9.66. The molecule has 9 heteroatoms. The highest BCUT2D eigenvalue weighted by Gasteiger charge is 2.38. The fourth-order valence-electron chi connectivity index (χ4n) is 2.27. The van der Waals surface area contributed by atoms with Crippen molar-refractivity contribution in [3.8, 4) is 0 Å². The fourth-order valence-corrected chi connectivity index (χ4v) is 4.25. The van der Waals surface area contributed by atoms with E-state index in [4.69, 9.17) is 0 Å². The molecule has 1 aliphatic heterocycles. The Morgan fingerprint density at radius 3 is 2.67 bits per heavy atom. The van der Waals surface area contributed by atoms with Gasteiger partial charge in [-0.1, -0.05) is 0 Å². The van der Waals surface area contributed by atoms with E-state index in [1.54, 1.807) is 18.7 Å². The van der Waals surface area contributed by atoms with Gasteiger partial charge in [0.1, 0.15) is 11.9 Å². The van der Waals surface area contributed by atoms with Gasteiger partial charge in [-0.3, -0.25) is 15.1 Å². The lowest BCUT2D eigenvalue weighted by atomic mass is 10.1. The molecule has 21 heavy (non-hydrogen) atoms. The van der Waals surface area contributed by atoms with Crippen LogP contribution in [-0.2, 0) is 9.84 Å². The van der Waals surface area contributed by atoms with E-state index in [0.29, 0.717) is 23.1 Å². The molecule has 2 heterocycles. The minimum Gasteiger partial charge on any atom is -0.364 e. The minimum atomic E-state index is -3.23. The highest BCUT2D eigenvalue weighted by Crippen LogP contribution is 2.37. The summed E-state index contributed by atoms with van der Waals surface area (Å²) in [5.41, 5.74) is 0.268. The van der Waals surface area contributed by atoms with Crippen molar-refractivity contribution < 1.29 is 13.3 Å². The van der Waals surface area contributed by atoms with Gasteiger partial charge in [-0.2, -0.15) is 0 Å². The molecule has 1 aromatic heterocycles. The number of hydrogen-bond acceptors (Lipinski definition) is 6. The van der Waals surface area contributed by atoms with Gasteiger partial charge in [0.15, 0.2) is 9.84 Å². The molecule has 0 atom stereocenters. The van der Waals surface area contributed by atoms with Crippen LogP contribution in [0.15, 0.2) is 16.9 Å². The number of halogens is 1. The zero-order valence-electron chi connectivity index (χ0n) is 11.7. The number of pyridine rings is 1. The van der Waals surface area contributed by atoms with Crippen molar-refractivity contribution in [3.63, 3.8) is 0 Å². The van der Waals surface area contributed by atoms with E-state index < -0.39 is 19.5 Å². The van der Waals surface area contributed by atoms with E-state index in [9.17, 15) is 18.5 Å². The third-order valence-corrected chi connectivity index (χ3v) is 7.01. The Morgan fingerprint density at radius 1 is 1.38 bits per heavy atom. The van der Waals surface area contributed by atoms with Crippen molar-refractivity contribution >= 4 is 37.1 Å². The van der Waals surface area contributed by atoms with Gasteiger partial charge < -0.3 is 4.90 Å². The first-order valence-corrected chi connectivity index (χ1v) is 8.85. The molecule has 0 spiro atoms. The van der Waals surface area contributed by atoms with Crippen molar-refractivity contribution in [1.29, 1.82) is 0 Å². The van der Waals surface area contributed by atoms with Crippen molar-refractivity contribution in [2.24, 2.45) is 0 Å². The second-order valence-electron chi connectivity index (χ2n) is 5.56. The van der Waals surface area contributed by atoms with E-state index in [0.717, 1.165) is 0 Å². The predicted octanol–water partition coefficient (Wildman–Crippen LogP) is 2.16. The van der Waals surface area contributed by atoms with Crippen LogP contribution in [0.5, 0.6) is 0 Å². The third kappa shape index (κ3) is 3.03. The summed E-state index contributed by atoms with van der Waals surface area (Å²) >= 11 is 3.28. The van der Waals surface area contributed by atoms with Crippen LogP contribution in [0.1, 0.15) is 20.3 Å². The molecule has 0 saturated carbocycles. The summed E-state index contributed by atoms with van der Waals surface area (Å²) in [6.45, 7) is 4.06. The fraction of sp³-hybridized carbons (Fsp3) is 0.583. The summed E-state index contributed by atoms with van der Waals surface area (Å²) in [5, 5.41) is 11.2. The predicted molar refractivity (Wildman–Crippen MR) is 83.3 cm³/mol. The smallest absolute Gasteiger partial charge is 0.311 e. The van der Waals surface area contributed by atoms with Crippen LogP contribution in [-0.4, -0.2) is 41.9 Å². The van der Waals surface area contributed by atoms with Gasteiger partial charge in [0.25, 0.3) is 0 Å². The molecule has 1 saturated heterocycles. The average molecular weight is 378 g/mol. The summed E-state index contributed by atoms with van der Waals surface area (Å²) in [7, 11) is -3.23. The Morgan fingerprint density at radius 2 is 2.05 bits per heavy atom. The minimum absolute atomic E-state index is 0.0219. The Balaban J connectivity index is 2.43. The number of nitro groups is 1. The Kier molecular flexibility index (Phi) is 4.25. The summed E-state index contributed by atoms with van der Waals surface area (Å²) in [6, 6.07) is 0.